The average Bonchev–Trinajstić information content (AvgIpc) is 3.22. The Morgan fingerprint density at radius 1 is 1.12 bits per heavy atom. The molecule has 1 N–H and O–H groups in total. The van der Waals surface area contributed by atoms with Gasteiger partial charge in [0.2, 0.25) is 0 Å². The van der Waals surface area contributed by atoms with Crippen molar-refractivity contribution in [2.45, 2.75) is 46.1 Å². The summed E-state index contributed by atoms with van der Waals surface area (Å²) >= 11 is 6.68. The van der Waals surface area contributed by atoms with Crippen LogP contribution in [0.2, 0.25) is 0 Å². The van der Waals surface area contributed by atoms with E-state index in [1.807, 2.05) is 6.92 Å². The first-order valence-electron chi connectivity index (χ1n) is 13.6. The van der Waals surface area contributed by atoms with Gasteiger partial charge in [0.1, 0.15) is 27.6 Å². The van der Waals surface area contributed by atoms with Crippen molar-refractivity contribution in [1.82, 2.24) is 9.47 Å². The van der Waals surface area contributed by atoms with Crippen molar-refractivity contribution in [3.63, 3.8) is 0 Å². The Morgan fingerprint density at radius 3 is 2.39 bits per heavy atom. The molecule has 4 rings (SSSR count). The van der Waals surface area contributed by atoms with Crippen LogP contribution in [0.25, 0.3) is 6.08 Å². The number of pyridine rings is 1. The normalized spacial score (nSPS) is 16.5. The van der Waals surface area contributed by atoms with Gasteiger partial charge < -0.3 is 14.9 Å². The van der Waals surface area contributed by atoms with E-state index >= 15 is 0 Å². The van der Waals surface area contributed by atoms with Gasteiger partial charge in [0, 0.05) is 56.9 Å². The first-order valence-corrected chi connectivity index (χ1v) is 14.8. The first kappa shape index (κ1) is 30.3. The number of carbonyl (C=O) groups is 2. The van der Waals surface area contributed by atoms with E-state index in [9.17, 15) is 24.0 Å². The molecule has 12 heteroatoms. The molecule has 41 heavy (non-hydrogen) atoms. The molecule has 1 aromatic carbocycles. The number of nitriles is 1. The summed E-state index contributed by atoms with van der Waals surface area (Å²) in [5.74, 6) is -0.712. The Bertz CT molecular complexity index is 1470. The topological polar surface area (TPSA) is 110 Å². The number of piperazine rings is 1. The van der Waals surface area contributed by atoms with Crippen molar-refractivity contribution in [2.75, 3.05) is 42.5 Å². The van der Waals surface area contributed by atoms with E-state index in [1.165, 1.54) is 28.8 Å². The number of benzene rings is 1. The lowest BCUT2D eigenvalue weighted by Gasteiger charge is -2.39. The highest BCUT2D eigenvalue weighted by Gasteiger charge is 2.33. The third-order valence-corrected chi connectivity index (χ3v) is 8.73. The van der Waals surface area contributed by atoms with E-state index in [4.69, 9.17) is 17.3 Å². The fourth-order valence-corrected chi connectivity index (χ4v) is 6.44. The predicted molar refractivity (Wildman–Crippen MR) is 163 cm³/mol. The molecule has 2 aromatic rings. The van der Waals surface area contributed by atoms with Gasteiger partial charge in [-0.2, -0.15) is 5.26 Å². The number of halogens is 1. The molecule has 216 valence electrons. The molecule has 0 unspecified atom stereocenters. The number of carboxylic acids is 1. The highest BCUT2D eigenvalue weighted by atomic mass is 32.2. The summed E-state index contributed by atoms with van der Waals surface area (Å²) in [4.78, 5) is 43.6. The van der Waals surface area contributed by atoms with Crippen molar-refractivity contribution >= 4 is 57.8 Å². The van der Waals surface area contributed by atoms with Crippen LogP contribution >= 0.6 is 24.0 Å². The zero-order valence-corrected chi connectivity index (χ0v) is 24.7. The lowest BCUT2D eigenvalue weighted by atomic mass is 10.0. The summed E-state index contributed by atoms with van der Waals surface area (Å²) in [5.41, 5.74) is 1.74. The van der Waals surface area contributed by atoms with Gasteiger partial charge in [-0.05, 0) is 62.6 Å². The molecule has 0 saturated carbocycles. The number of carbonyl (C=O) groups excluding carboxylic acids is 1. The van der Waals surface area contributed by atoms with Gasteiger partial charge in [0.15, 0.2) is 0 Å². The SMILES string of the molecule is CCn1c(N2CCN(c3ccc(F)cc3)CC2)c(/C=C2\SC(=S)N(CCCCCC(=O)O)C2=O)c(C)c(C#N)c1=O. The van der Waals surface area contributed by atoms with Gasteiger partial charge in [0.25, 0.3) is 11.5 Å². The number of amides is 1. The fraction of sp³-hybridized carbons (Fsp3) is 0.414. The minimum Gasteiger partial charge on any atom is -0.481 e. The van der Waals surface area contributed by atoms with Crippen LogP contribution in [-0.2, 0) is 16.1 Å². The van der Waals surface area contributed by atoms with Crippen LogP contribution in [0.4, 0.5) is 15.9 Å². The maximum absolute atomic E-state index is 13.4. The van der Waals surface area contributed by atoms with E-state index in [0.717, 1.165) is 5.69 Å². The number of unbranched alkanes of at least 4 members (excludes halogenated alkanes) is 2. The maximum atomic E-state index is 13.4. The molecule has 9 nitrogen and oxygen atoms in total. The summed E-state index contributed by atoms with van der Waals surface area (Å²) in [6.45, 7) is 6.78. The number of hydrogen-bond acceptors (Lipinski definition) is 8. The second kappa shape index (κ2) is 13.3. The number of hydrogen-bond donors (Lipinski definition) is 1. The minimum atomic E-state index is -0.841. The molecule has 2 aliphatic rings. The average molecular weight is 598 g/mol. The second-order valence-electron chi connectivity index (χ2n) is 9.89. The van der Waals surface area contributed by atoms with Gasteiger partial charge in [-0.25, -0.2) is 4.39 Å². The third kappa shape index (κ3) is 6.63. The van der Waals surface area contributed by atoms with Crippen LogP contribution in [0.3, 0.4) is 0 Å². The Balaban J connectivity index is 1.63. The monoisotopic (exact) mass is 597 g/mol. The molecule has 1 amide bonds. The number of carboxylic acid groups (broad SMARTS) is 1. The summed E-state index contributed by atoms with van der Waals surface area (Å²) in [5, 5.41) is 18.7. The van der Waals surface area contributed by atoms with Crippen molar-refractivity contribution in [1.29, 1.82) is 5.26 Å². The van der Waals surface area contributed by atoms with Crippen LogP contribution < -0.4 is 15.4 Å². The highest BCUT2D eigenvalue weighted by molar-refractivity contribution is 8.26. The van der Waals surface area contributed by atoms with Gasteiger partial charge in [-0.1, -0.05) is 30.4 Å². The summed E-state index contributed by atoms with van der Waals surface area (Å²) in [6.07, 6.45) is 3.67. The molecule has 0 aliphatic carbocycles. The number of aliphatic carboxylic acids is 1. The second-order valence-corrected chi connectivity index (χ2v) is 11.6. The summed E-state index contributed by atoms with van der Waals surface area (Å²) < 4.78 is 15.4. The number of thiocarbonyl (C=S) groups is 1. The number of thioether (sulfide) groups is 1. The molecule has 0 spiro atoms. The zero-order chi connectivity index (χ0) is 29.7. The van der Waals surface area contributed by atoms with Crippen molar-refractivity contribution < 1.29 is 19.1 Å². The number of aromatic nitrogens is 1. The minimum absolute atomic E-state index is 0.0423. The lowest BCUT2D eigenvalue weighted by molar-refractivity contribution is -0.137. The van der Waals surface area contributed by atoms with E-state index in [1.54, 1.807) is 29.7 Å². The van der Waals surface area contributed by atoms with Crippen LogP contribution in [0, 0.1) is 24.1 Å². The molecule has 2 saturated heterocycles. The Hall–Kier alpha value is -3.69. The molecular weight excluding hydrogens is 565 g/mol. The lowest BCUT2D eigenvalue weighted by Crippen LogP contribution is -2.48. The Kier molecular flexibility index (Phi) is 9.83. The van der Waals surface area contributed by atoms with Gasteiger partial charge in [0.05, 0.1) is 4.91 Å². The predicted octanol–water partition coefficient (Wildman–Crippen LogP) is 4.36. The zero-order valence-electron chi connectivity index (χ0n) is 23.1. The summed E-state index contributed by atoms with van der Waals surface area (Å²) in [7, 11) is 0. The maximum Gasteiger partial charge on any atom is 0.303 e. The molecule has 1 aromatic heterocycles. The molecule has 3 heterocycles. The van der Waals surface area contributed by atoms with Crippen LogP contribution in [0.1, 0.15) is 49.3 Å². The standard InChI is InChI=1S/C29H32FN5O4S2/c1-3-34-26(33-15-13-32(14-16-33)21-10-8-20(30)9-11-21)22(19(2)23(18-31)27(34)38)17-24-28(39)35(29(40)41-24)12-6-4-5-7-25(36)37/h8-11,17H,3-7,12-16H2,1-2H3,(H,36,37)/b24-17-. The van der Waals surface area contributed by atoms with Crippen LogP contribution in [0.5, 0.6) is 0 Å². The fourth-order valence-electron chi connectivity index (χ4n) is 5.15. The highest BCUT2D eigenvalue weighted by Crippen LogP contribution is 2.36. The van der Waals surface area contributed by atoms with Gasteiger partial charge in [-0.3, -0.25) is 23.9 Å². The molecule has 0 atom stereocenters. The van der Waals surface area contributed by atoms with Crippen molar-refractivity contribution in [3.05, 3.63) is 62.0 Å². The number of anilines is 2. The Morgan fingerprint density at radius 2 is 1.78 bits per heavy atom. The summed E-state index contributed by atoms with van der Waals surface area (Å²) in [6, 6.07) is 8.42. The van der Waals surface area contributed by atoms with Crippen molar-refractivity contribution in [3.8, 4) is 6.07 Å². The largest absolute Gasteiger partial charge is 0.481 e. The van der Waals surface area contributed by atoms with Gasteiger partial charge in [-0.15, -0.1) is 0 Å². The van der Waals surface area contributed by atoms with Crippen molar-refractivity contribution in [2.24, 2.45) is 0 Å². The number of nitrogens with zero attached hydrogens (tertiary/aromatic N) is 5. The van der Waals surface area contributed by atoms with E-state index in [-0.39, 0.29) is 29.3 Å². The molecule has 2 aliphatic heterocycles. The van der Waals surface area contributed by atoms with Gasteiger partial charge >= 0.3 is 5.97 Å². The quantitative estimate of drug-likeness (QED) is 0.243. The first-order chi connectivity index (χ1) is 19.7. The van der Waals surface area contributed by atoms with Crippen LogP contribution in [0.15, 0.2) is 34.0 Å². The smallest absolute Gasteiger partial charge is 0.303 e. The molecular formula is C29H32FN5O4S2. The Labute approximate surface area is 247 Å². The number of rotatable bonds is 10. The van der Waals surface area contributed by atoms with Crippen LogP contribution in [-0.4, -0.2) is 63.5 Å². The molecule has 0 radical (unpaired) electrons. The van der Waals surface area contributed by atoms with E-state index in [2.05, 4.69) is 15.9 Å². The third-order valence-electron chi connectivity index (χ3n) is 7.35. The van der Waals surface area contributed by atoms with E-state index in [0.29, 0.717) is 84.7 Å². The molecule has 0 bridgehead atoms. The molecule has 2 fully saturated rings. The van der Waals surface area contributed by atoms with E-state index < -0.39 is 5.97 Å².